The van der Waals surface area contributed by atoms with Crippen molar-refractivity contribution < 1.29 is 9.90 Å². The third-order valence-electron chi connectivity index (χ3n) is 4.37. The predicted molar refractivity (Wildman–Crippen MR) is 95.8 cm³/mol. The number of pyridine rings is 1. The molecule has 0 saturated heterocycles. The van der Waals surface area contributed by atoms with Crippen molar-refractivity contribution in [1.29, 1.82) is 0 Å². The highest BCUT2D eigenvalue weighted by Crippen LogP contribution is 2.39. The Balaban J connectivity index is 2.01. The molecule has 0 atom stereocenters. The lowest BCUT2D eigenvalue weighted by Crippen LogP contribution is -2.24. The van der Waals surface area contributed by atoms with Crippen LogP contribution in [-0.2, 0) is 10.4 Å². The van der Waals surface area contributed by atoms with E-state index < -0.39 is 5.60 Å². The van der Waals surface area contributed by atoms with Gasteiger partial charge in [-0.3, -0.25) is 4.79 Å². The summed E-state index contributed by atoms with van der Waals surface area (Å²) in [5.74, 6) is 0.836. The maximum atomic E-state index is 10.9. The summed E-state index contributed by atoms with van der Waals surface area (Å²) in [5, 5.41) is 13.3. The number of nitrogens with two attached hydrogens (primary N) is 1. The molecule has 0 unspecified atom stereocenters. The number of hydrogen-bond donors (Lipinski definition) is 3. The minimum atomic E-state index is -0.900. The first-order chi connectivity index (χ1) is 11.9. The predicted octanol–water partition coefficient (Wildman–Crippen LogP) is 2.21. The number of halogens is 1. The number of nitrogens with zero attached hydrogens (tertiary/aromatic N) is 4. The van der Waals surface area contributed by atoms with Crippen LogP contribution >= 0.6 is 11.6 Å². The van der Waals surface area contributed by atoms with Crippen LogP contribution in [-0.4, -0.2) is 33.5 Å². The van der Waals surface area contributed by atoms with Crippen molar-refractivity contribution >= 4 is 41.3 Å². The molecule has 3 rings (SSSR count). The third-order valence-corrected chi connectivity index (χ3v) is 4.64. The Morgan fingerprint density at radius 2 is 2.04 bits per heavy atom. The molecule has 1 saturated carbocycles. The van der Waals surface area contributed by atoms with Gasteiger partial charge in [-0.25, -0.2) is 4.98 Å². The average molecular weight is 363 g/mol. The third kappa shape index (κ3) is 3.35. The number of aromatic nitrogens is 3. The van der Waals surface area contributed by atoms with Gasteiger partial charge < -0.3 is 21.1 Å². The molecule has 0 bridgehead atoms. The second-order valence-corrected chi connectivity index (χ2v) is 6.37. The molecule has 25 heavy (non-hydrogen) atoms. The molecular formula is C16H19ClN6O2. The molecule has 1 fully saturated rings. The largest absolute Gasteiger partial charge is 0.384 e. The van der Waals surface area contributed by atoms with Crippen LogP contribution in [0.4, 0.5) is 23.3 Å². The summed E-state index contributed by atoms with van der Waals surface area (Å²) in [4.78, 5) is 25.1. The summed E-state index contributed by atoms with van der Waals surface area (Å²) < 4.78 is 0. The van der Waals surface area contributed by atoms with Gasteiger partial charge >= 0.3 is 0 Å². The zero-order chi connectivity index (χ0) is 18.0. The van der Waals surface area contributed by atoms with E-state index in [1.807, 2.05) is 12.1 Å². The zero-order valence-electron chi connectivity index (χ0n) is 13.7. The molecule has 0 spiro atoms. The molecule has 132 valence electrons. The second kappa shape index (κ2) is 6.81. The van der Waals surface area contributed by atoms with Gasteiger partial charge in [-0.2, -0.15) is 9.97 Å². The number of carbonyl (C=O) groups excluding carboxylic acids is 1. The lowest BCUT2D eigenvalue weighted by Gasteiger charge is -2.25. The lowest BCUT2D eigenvalue weighted by atomic mass is 9.97. The maximum absolute atomic E-state index is 10.9. The van der Waals surface area contributed by atoms with Crippen LogP contribution in [0.15, 0.2) is 18.2 Å². The summed E-state index contributed by atoms with van der Waals surface area (Å²) in [6.45, 7) is 0. The van der Waals surface area contributed by atoms with E-state index in [1.54, 1.807) is 18.0 Å². The van der Waals surface area contributed by atoms with Gasteiger partial charge in [0.15, 0.2) is 11.0 Å². The van der Waals surface area contributed by atoms with E-state index in [0.29, 0.717) is 36.6 Å². The standard InChI is InChI=1S/C16H19ClN6O2/c1-23(14-12(19-9-24)13(17)21-15(18)22-14)11-6-4-5-10(20-11)16(25)7-2-3-8-16/h4-6,9,25H,2-3,7-8H2,1H3,(H,19,24)(H2,18,21,22). The van der Waals surface area contributed by atoms with E-state index in [4.69, 9.17) is 17.3 Å². The van der Waals surface area contributed by atoms with Crippen molar-refractivity contribution in [3.8, 4) is 0 Å². The van der Waals surface area contributed by atoms with Crippen molar-refractivity contribution in [2.45, 2.75) is 31.3 Å². The molecule has 2 heterocycles. The number of nitrogen functional groups attached to an aromatic ring is 1. The molecule has 0 radical (unpaired) electrons. The van der Waals surface area contributed by atoms with E-state index in [1.165, 1.54) is 0 Å². The van der Waals surface area contributed by atoms with Crippen LogP contribution in [0, 0.1) is 0 Å². The van der Waals surface area contributed by atoms with Gasteiger partial charge in [-0.1, -0.05) is 30.5 Å². The zero-order valence-corrected chi connectivity index (χ0v) is 14.5. The fraction of sp³-hybridized carbons (Fsp3) is 0.375. The number of hydrogen-bond acceptors (Lipinski definition) is 7. The van der Waals surface area contributed by atoms with Crippen LogP contribution in [0.3, 0.4) is 0 Å². The van der Waals surface area contributed by atoms with Crippen molar-refractivity contribution in [2.75, 3.05) is 23.0 Å². The van der Waals surface area contributed by atoms with Crippen molar-refractivity contribution in [3.05, 3.63) is 29.0 Å². The number of nitrogens with one attached hydrogen (secondary N) is 1. The normalized spacial score (nSPS) is 15.8. The fourth-order valence-electron chi connectivity index (χ4n) is 3.06. The van der Waals surface area contributed by atoms with E-state index in [-0.39, 0.29) is 16.8 Å². The Morgan fingerprint density at radius 1 is 1.32 bits per heavy atom. The molecule has 4 N–H and O–H groups in total. The fourth-order valence-corrected chi connectivity index (χ4v) is 3.28. The summed E-state index contributed by atoms with van der Waals surface area (Å²) in [6, 6.07) is 5.41. The highest BCUT2D eigenvalue weighted by molar-refractivity contribution is 6.33. The molecule has 0 aromatic carbocycles. The summed E-state index contributed by atoms with van der Waals surface area (Å²) in [5.41, 5.74) is 5.64. The molecule has 0 aliphatic heterocycles. The van der Waals surface area contributed by atoms with Crippen LogP contribution in [0.2, 0.25) is 5.15 Å². The van der Waals surface area contributed by atoms with Crippen LogP contribution < -0.4 is 16.0 Å². The first kappa shape index (κ1) is 17.4. The van der Waals surface area contributed by atoms with Gasteiger partial charge in [0.05, 0.1) is 5.69 Å². The first-order valence-corrected chi connectivity index (χ1v) is 8.29. The number of amides is 1. The SMILES string of the molecule is CN(c1cccc(C2(O)CCCC2)n1)c1nc(N)nc(Cl)c1NC=O. The lowest BCUT2D eigenvalue weighted by molar-refractivity contribution is -0.105. The van der Waals surface area contributed by atoms with Gasteiger partial charge in [0, 0.05) is 7.05 Å². The van der Waals surface area contributed by atoms with E-state index in [0.717, 1.165) is 12.8 Å². The quantitative estimate of drug-likeness (QED) is 0.551. The van der Waals surface area contributed by atoms with Crippen LogP contribution in [0.1, 0.15) is 31.4 Å². The molecule has 9 heteroatoms. The first-order valence-electron chi connectivity index (χ1n) is 7.91. The summed E-state index contributed by atoms with van der Waals surface area (Å²) in [7, 11) is 1.72. The Bertz CT molecular complexity index is 794. The van der Waals surface area contributed by atoms with E-state index >= 15 is 0 Å². The average Bonchev–Trinajstić information content (AvgIpc) is 3.04. The highest BCUT2D eigenvalue weighted by Gasteiger charge is 2.34. The number of anilines is 4. The van der Waals surface area contributed by atoms with Crippen molar-refractivity contribution in [2.24, 2.45) is 0 Å². The smallest absolute Gasteiger partial charge is 0.223 e. The van der Waals surface area contributed by atoms with E-state index in [2.05, 4.69) is 20.3 Å². The number of aliphatic hydroxyl groups is 1. The van der Waals surface area contributed by atoms with Gasteiger partial charge in [0.1, 0.15) is 17.1 Å². The van der Waals surface area contributed by atoms with Crippen LogP contribution in [0.5, 0.6) is 0 Å². The Morgan fingerprint density at radius 3 is 2.72 bits per heavy atom. The second-order valence-electron chi connectivity index (χ2n) is 6.01. The van der Waals surface area contributed by atoms with Gasteiger partial charge in [0.2, 0.25) is 12.4 Å². The Hall–Kier alpha value is -2.45. The van der Waals surface area contributed by atoms with Gasteiger partial charge in [-0.05, 0) is 25.0 Å². The molecule has 8 nitrogen and oxygen atoms in total. The monoisotopic (exact) mass is 362 g/mol. The molecule has 2 aromatic heterocycles. The Kier molecular flexibility index (Phi) is 4.73. The molecule has 1 aliphatic rings. The summed E-state index contributed by atoms with van der Waals surface area (Å²) >= 11 is 6.06. The number of carbonyl (C=O) groups is 1. The van der Waals surface area contributed by atoms with E-state index in [9.17, 15) is 9.90 Å². The maximum Gasteiger partial charge on any atom is 0.223 e. The molecule has 1 aliphatic carbocycles. The number of rotatable bonds is 5. The molecular weight excluding hydrogens is 344 g/mol. The van der Waals surface area contributed by atoms with Gasteiger partial charge in [0.25, 0.3) is 0 Å². The summed E-state index contributed by atoms with van der Waals surface area (Å²) in [6.07, 6.45) is 3.82. The van der Waals surface area contributed by atoms with Crippen molar-refractivity contribution in [1.82, 2.24) is 15.0 Å². The van der Waals surface area contributed by atoms with Gasteiger partial charge in [-0.15, -0.1) is 0 Å². The molecule has 1 amide bonds. The highest BCUT2D eigenvalue weighted by atomic mass is 35.5. The minimum absolute atomic E-state index is 0.0196. The Labute approximate surface area is 150 Å². The topological polar surface area (TPSA) is 117 Å². The van der Waals surface area contributed by atoms with Crippen LogP contribution in [0.25, 0.3) is 0 Å². The molecule has 2 aromatic rings. The van der Waals surface area contributed by atoms with Crippen molar-refractivity contribution in [3.63, 3.8) is 0 Å². The minimum Gasteiger partial charge on any atom is -0.384 e.